The molecule has 0 aliphatic carbocycles. The van der Waals surface area contributed by atoms with Crippen molar-refractivity contribution in [3.8, 4) is 0 Å². The first-order chi connectivity index (χ1) is 17.3. The molecule has 1 aliphatic rings. The van der Waals surface area contributed by atoms with E-state index in [9.17, 15) is 17.6 Å². The third-order valence-electron chi connectivity index (χ3n) is 6.54. The quantitative estimate of drug-likeness (QED) is 0.364. The van der Waals surface area contributed by atoms with Crippen LogP contribution in [0.15, 0.2) is 83.9 Å². The predicted octanol–water partition coefficient (Wildman–Crippen LogP) is 4.76. The minimum absolute atomic E-state index is 0.0157. The highest BCUT2D eigenvalue weighted by Gasteiger charge is 2.26. The first-order valence-electron chi connectivity index (χ1n) is 11.6. The van der Waals surface area contributed by atoms with Crippen LogP contribution >= 0.6 is 11.6 Å². The summed E-state index contributed by atoms with van der Waals surface area (Å²) < 4.78 is 42.7. The molecule has 6 nitrogen and oxygen atoms in total. The maximum Gasteiger partial charge on any atom is 0.242 e. The van der Waals surface area contributed by atoms with Crippen LogP contribution in [0.5, 0.6) is 0 Å². The second kappa shape index (κ2) is 9.95. The van der Waals surface area contributed by atoms with Gasteiger partial charge in [-0.05, 0) is 30.3 Å². The smallest absolute Gasteiger partial charge is 0.242 e. The molecule has 0 atom stereocenters. The van der Waals surface area contributed by atoms with Crippen LogP contribution in [0.4, 0.5) is 10.1 Å². The molecule has 3 aromatic carbocycles. The number of fused-ring (bicyclic) bond motifs is 1. The molecule has 186 valence electrons. The number of hydrogen-bond acceptors (Lipinski definition) is 4. The van der Waals surface area contributed by atoms with Gasteiger partial charge >= 0.3 is 0 Å². The van der Waals surface area contributed by atoms with Crippen molar-refractivity contribution >= 4 is 43.9 Å². The van der Waals surface area contributed by atoms with E-state index >= 15 is 0 Å². The molecule has 1 fully saturated rings. The van der Waals surface area contributed by atoms with Crippen molar-refractivity contribution in [1.29, 1.82) is 0 Å². The fourth-order valence-corrected chi connectivity index (χ4v) is 6.56. The zero-order chi connectivity index (χ0) is 25.3. The van der Waals surface area contributed by atoms with E-state index in [2.05, 4.69) is 17.0 Å². The molecule has 1 saturated heterocycles. The van der Waals surface area contributed by atoms with E-state index in [0.717, 1.165) is 18.8 Å². The highest BCUT2D eigenvalue weighted by molar-refractivity contribution is 7.90. The van der Waals surface area contributed by atoms with Gasteiger partial charge in [-0.25, -0.2) is 12.8 Å². The fraction of sp³-hybridized carbons (Fsp3) is 0.222. The molecule has 1 aliphatic heterocycles. The molecule has 0 bridgehead atoms. The molecular formula is C27H25ClFN3O3S. The van der Waals surface area contributed by atoms with E-state index < -0.39 is 21.4 Å². The maximum atomic E-state index is 14.3. The molecule has 2 heterocycles. The van der Waals surface area contributed by atoms with E-state index in [1.54, 1.807) is 28.8 Å². The normalized spacial score (nSPS) is 14.4. The molecule has 0 spiro atoms. The van der Waals surface area contributed by atoms with E-state index in [0.29, 0.717) is 24.0 Å². The number of benzene rings is 3. The standard InChI is InChI=1S/C27H25ClFN3O3S/c28-23-10-6-11-24(29)22(23)19-36(34,35)26-17-32(25-12-5-4-9-21(25)26)18-27(33)31-15-13-30(14-16-31)20-7-2-1-3-8-20/h1-12,17H,13-16,18-19H2. The summed E-state index contributed by atoms with van der Waals surface area (Å²) in [7, 11) is -3.94. The lowest BCUT2D eigenvalue weighted by Gasteiger charge is -2.36. The van der Waals surface area contributed by atoms with Crippen LogP contribution in [-0.4, -0.2) is 50.0 Å². The molecule has 0 N–H and O–H groups in total. The molecule has 4 aromatic rings. The van der Waals surface area contributed by atoms with Gasteiger partial charge in [0.1, 0.15) is 12.4 Å². The number of amides is 1. The van der Waals surface area contributed by atoms with Crippen LogP contribution < -0.4 is 4.90 Å². The Labute approximate surface area is 214 Å². The Kier molecular flexibility index (Phi) is 6.73. The summed E-state index contributed by atoms with van der Waals surface area (Å²) >= 11 is 6.09. The van der Waals surface area contributed by atoms with E-state index in [1.165, 1.54) is 24.4 Å². The third-order valence-corrected chi connectivity index (χ3v) is 8.56. The zero-order valence-corrected chi connectivity index (χ0v) is 21.1. The van der Waals surface area contributed by atoms with Gasteiger partial charge in [0.05, 0.1) is 10.6 Å². The number of rotatable bonds is 6. The Hall–Kier alpha value is -3.36. The predicted molar refractivity (Wildman–Crippen MR) is 139 cm³/mol. The minimum Gasteiger partial charge on any atom is -0.368 e. The van der Waals surface area contributed by atoms with Gasteiger partial charge in [-0.1, -0.05) is 54.1 Å². The Bertz CT molecular complexity index is 1490. The number of sulfone groups is 1. The molecule has 0 unspecified atom stereocenters. The van der Waals surface area contributed by atoms with Crippen molar-refractivity contribution in [2.24, 2.45) is 0 Å². The molecule has 36 heavy (non-hydrogen) atoms. The number of nitrogens with zero attached hydrogens (tertiary/aromatic N) is 3. The Morgan fingerprint density at radius 3 is 2.31 bits per heavy atom. The van der Waals surface area contributed by atoms with Gasteiger partial charge in [-0.15, -0.1) is 0 Å². The van der Waals surface area contributed by atoms with Crippen molar-refractivity contribution in [3.05, 3.63) is 95.4 Å². The molecule has 5 rings (SSSR count). The summed E-state index contributed by atoms with van der Waals surface area (Å²) in [4.78, 5) is 17.3. The lowest BCUT2D eigenvalue weighted by Crippen LogP contribution is -2.49. The molecule has 9 heteroatoms. The largest absolute Gasteiger partial charge is 0.368 e. The maximum absolute atomic E-state index is 14.3. The SMILES string of the molecule is O=C(Cn1cc(S(=O)(=O)Cc2c(F)cccc2Cl)c2ccccc21)N1CCN(c2ccccc2)CC1. The fourth-order valence-electron chi connectivity index (χ4n) is 4.63. The summed E-state index contributed by atoms with van der Waals surface area (Å²) in [6.45, 7) is 2.64. The molecular weight excluding hydrogens is 501 g/mol. The highest BCUT2D eigenvalue weighted by Crippen LogP contribution is 2.30. The second-order valence-electron chi connectivity index (χ2n) is 8.80. The first kappa shape index (κ1) is 24.3. The van der Waals surface area contributed by atoms with Crippen LogP contribution in [0, 0.1) is 5.82 Å². The van der Waals surface area contributed by atoms with Crippen molar-refractivity contribution < 1.29 is 17.6 Å². The average molecular weight is 526 g/mol. The topological polar surface area (TPSA) is 62.6 Å². The number of para-hydroxylation sites is 2. The van der Waals surface area contributed by atoms with Gasteiger partial charge in [0.15, 0.2) is 9.84 Å². The number of carbonyl (C=O) groups is 1. The number of hydrogen-bond donors (Lipinski definition) is 0. The molecule has 1 aromatic heterocycles. The van der Waals surface area contributed by atoms with E-state index in [4.69, 9.17) is 11.6 Å². The summed E-state index contributed by atoms with van der Waals surface area (Å²) in [5.74, 6) is -1.31. The highest BCUT2D eigenvalue weighted by atomic mass is 35.5. The van der Waals surface area contributed by atoms with Crippen LogP contribution in [0.3, 0.4) is 0 Å². The van der Waals surface area contributed by atoms with Gasteiger partial charge in [0.25, 0.3) is 0 Å². The van der Waals surface area contributed by atoms with Crippen molar-refractivity contribution in [2.75, 3.05) is 31.1 Å². The number of aromatic nitrogens is 1. The van der Waals surface area contributed by atoms with Gasteiger partial charge in [-0.3, -0.25) is 4.79 Å². The van der Waals surface area contributed by atoms with Gasteiger partial charge < -0.3 is 14.4 Å². The van der Waals surface area contributed by atoms with Gasteiger partial charge in [0, 0.05) is 59.6 Å². The average Bonchev–Trinajstić information content (AvgIpc) is 3.26. The minimum atomic E-state index is -3.94. The Morgan fingerprint density at radius 2 is 1.58 bits per heavy atom. The monoisotopic (exact) mass is 525 g/mol. The van der Waals surface area contributed by atoms with Crippen LogP contribution in [0.1, 0.15) is 5.56 Å². The summed E-state index contributed by atoms with van der Waals surface area (Å²) in [6, 6.07) is 21.2. The number of carbonyl (C=O) groups excluding carboxylic acids is 1. The lowest BCUT2D eigenvalue weighted by atomic mass is 10.2. The van der Waals surface area contributed by atoms with Crippen molar-refractivity contribution in [1.82, 2.24) is 9.47 Å². The summed E-state index contributed by atoms with van der Waals surface area (Å²) in [5.41, 5.74) is 1.70. The van der Waals surface area contributed by atoms with E-state index in [1.807, 2.05) is 23.1 Å². The number of anilines is 1. The Balaban J connectivity index is 1.36. The van der Waals surface area contributed by atoms with E-state index in [-0.39, 0.29) is 27.9 Å². The van der Waals surface area contributed by atoms with Crippen LogP contribution in [0.25, 0.3) is 10.9 Å². The number of halogens is 2. The summed E-state index contributed by atoms with van der Waals surface area (Å²) in [5, 5.41) is 0.554. The molecule has 0 radical (unpaired) electrons. The molecule has 0 saturated carbocycles. The number of piperazine rings is 1. The first-order valence-corrected chi connectivity index (χ1v) is 13.7. The van der Waals surface area contributed by atoms with Gasteiger partial charge in [0.2, 0.25) is 5.91 Å². The lowest BCUT2D eigenvalue weighted by molar-refractivity contribution is -0.132. The van der Waals surface area contributed by atoms with Gasteiger partial charge in [-0.2, -0.15) is 0 Å². The van der Waals surface area contributed by atoms with Crippen molar-refractivity contribution in [2.45, 2.75) is 17.2 Å². The molecule has 1 amide bonds. The van der Waals surface area contributed by atoms with Crippen LogP contribution in [0.2, 0.25) is 5.02 Å². The second-order valence-corrected chi connectivity index (χ2v) is 11.2. The Morgan fingerprint density at radius 1 is 0.889 bits per heavy atom. The zero-order valence-electron chi connectivity index (χ0n) is 19.5. The third kappa shape index (κ3) is 4.83. The van der Waals surface area contributed by atoms with Crippen molar-refractivity contribution in [3.63, 3.8) is 0 Å². The van der Waals surface area contributed by atoms with Crippen LogP contribution in [-0.2, 0) is 26.9 Å². The summed E-state index contributed by atoms with van der Waals surface area (Å²) in [6.07, 6.45) is 1.48.